The molecule has 1 aliphatic carbocycles. The van der Waals surface area contributed by atoms with Crippen LogP contribution in [0.3, 0.4) is 0 Å². The molecule has 1 aromatic carbocycles. The lowest BCUT2D eigenvalue weighted by molar-refractivity contribution is 0.878. The third-order valence-electron chi connectivity index (χ3n) is 3.48. The first-order valence-corrected chi connectivity index (χ1v) is 6.18. The molecule has 0 unspecified atom stereocenters. The average molecular weight is 212 g/mol. The van der Waals surface area contributed by atoms with Crippen molar-refractivity contribution in [3.63, 3.8) is 0 Å². The second kappa shape index (κ2) is 5.16. The zero-order chi connectivity index (χ0) is 11.4. The summed E-state index contributed by atoms with van der Waals surface area (Å²) < 4.78 is 0. The van der Waals surface area contributed by atoms with Crippen LogP contribution in [-0.2, 0) is 6.42 Å². The molecule has 84 valence electrons. The molecule has 0 bridgehead atoms. The summed E-state index contributed by atoms with van der Waals surface area (Å²) in [5.74, 6) is 0. The van der Waals surface area contributed by atoms with E-state index < -0.39 is 0 Å². The van der Waals surface area contributed by atoms with Gasteiger partial charge in [-0.15, -0.1) is 0 Å². The maximum atomic E-state index is 4.24. The van der Waals surface area contributed by atoms with Crippen molar-refractivity contribution in [3.8, 4) is 0 Å². The number of hydrogen-bond donors (Lipinski definition) is 0. The second-order valence-corrected chi connectivity index (χ2v) is 4.70. The summed E-state index contributed by atoms with van der Waals surface area (Å²) in [6.45, 7) is 6.50. The Bertz CT molecular complexity index is 395. The van der Waals surface area contributed by atoms with Crippen molar-refractivity contribution in [2.45, 2.75) is 39.0 Å². The highest BCUT2D eigenvalue weighted by Gasteiger charge is 2.12. The van der Waals surface area contributed by atoms with Gasteiger partial charge in [0.05, 0.1) is 0 Å². The Balaban J connectivity index is 1.92. The van der Waals surface area contributed by atoms with Crippen molar-refractivity contribution in [2.75, 3.05) is 0 Å². The molecule has 0 heterocycles. The standard InChI is InChI=1S/C16H20/c1-13-7-6-10-16(13)14(2)11-12-15-8-4-3-5-9-15/h3-5,8-9H,2,6-7,10-12H2,1H3. The fourth-order valence-electron chi connectivity index (χ4n) is 2.46. The topological polar surface area (TPSA) is 0 Å². The fraction of sp³-hybridized carbons (Fsp3) is 0.375. The number of rotatable bonds is 4. The third kappa shape index (κ3) is 2.63. The van der Waals surface area contributed by atoms with Gasteiger partial charge in [0.1, 0.15) is 0 Å². The van der Waals surface area contributed by atoms with Crippen LogP contribution in [0.2, 0.25) is 0 Å². The quantitative estimate of drug-likeness (QED) is 0.680. The van der Waals surface area contributed by atoms with Gasteiger partial charge in [-0.3, -0.25) is 0 Å². The minimum absolute atomic E-state index is 1.11. The monoisotopic (exact) mass is 212 g/mol. The van der Waals surface area contributed by atoms with Crippen LogP contribution in [0.1, 0.15) is 38.2 Å². The Labute approximate surface area is 98.7 Å². The molecule has 0 atom stereocenters. The first-order chi connectivity index (χ1) is 7.77. The maximum absolute atomic E-state index is 4.24. The predicted octanol–water partition coefficient (Wildman–Crippen LogP) is 4.68. The SMILES string of the molecule is C=C(CCc1ccccc1)C1=C(C)CCC1. The molecule has 0 radical (unpaired) electrons. The Kier molecular flexibility index (Phi) is 3.61. The second-order valence-electron chi connectivity index (χ2n) is 4.70. The molecule has 2 rings (SSSR count). The van der Waals surface area contributed by atoms with Crippen molar-refractivity contribution >= 4 is 0 Å². The summed E-state index contributed by atoms with van der Waals surface area (Å²) in [5.41, 5.74) is 5.90. The van der Waals surface area contributed by atoms with E-state index in [0.717, 1.165) is 12.8 Å². The summed E-state index contributed by atoms with van der Waals surface area (Å²) >= 11 is 0. The minimum atomic E-state index is 1.11. The number of allylic oxidation sites excluding steroid dienone is 3. The van der Waals surface area contributed by atoms with E-state index >= 15 is 0 Å². The van der Waals surface area contributed by atoms with Gasteiger partial charge in [0.25, 0.3) is 0 Å². The molecule has 0 fully saturated rings. The molecule has 0 N–H and O–H groups in total. The normalized spacial score (nSPS) is 15.6. The average Bonchev–Trinajstić information content (AvgIpc) is 2.74. The van der Waals surface area contributed by atoms with Crippen LogP contribution >= 0.6 is 0 Å². The van der Waals surface area contributed by atoms with E-state index in [9.17, 15) is 0 Å². The van der Waals surface area contributed by atoms with Gasteiger partial charge >= 0.3 is 0 Å². The highest BCUT2D eigenvalue weighted by Crippen LogP contribution is 2.31. The van der Waals surface area contributed by atoms with Crippen LogP contribution in [0.25, 0.3) is 0 Å². The van der Waals surface area contributed by atoms with Crippen LogP contribution < -0.4 is 0 Å². The van der Waals surface area contributed by atoms with E-state index in [1.807, 2.05) is 0 Å². The Hall–Kier alpha value is -1.30. The molecular formula is C16H20. The molecule has 0 aliphatic heterocycles. The molecule has 0 heteroatoms. The molecule has 0 aromatic heterocycles. The third-order valence-corrected chi connectivity index (χ3v) is 3.48. The summed E-state index contributed by atoms with van der Waals surface area (Å²) in [6.07, 6.45) is 6.08. The Morgan fingerprint density at radius 2 is 1.94 bits per heavy atom. The van der Waals surface area contributed by atoms with Gasteiger partial charge in [-0.05, 0) is 50.2 Å². The zero-order valence-electron chi connectivity index (χ0n) is 10.1. The van der Waals surface area contributed by atoms with Crippen LogP contribution in [0.5, 0.6) is 0 Å². The van der Waals surface area contributed by atoms with E-state index in [4.69, 9.17) is 0 Å². The van der Waals surface area contributed by atoms with Gasteiger partial charge in [-0.2, -0.15) is 0 Å². The number of aryl methyl sites for hydroxylation is 1. The van der Waals surface area contributed by atoms with Crippen LogP contribution in [0.15, 0.2) is 53.6 Å². The van der Waals surface area contributed by atoms with Crippen LogP contribution in [0.4, 0.5) is 0 Å². The van der Waals surface area contributed by atoms with Crippen LogP contribution in [0, 0.1) is 0 Å². The van der Waals surface area contributed by atoms with Crippen molar-refractivity contribution in [1.29, 1.82) is 0 Å². The molecule has 1 aliphatic rings. The molecule has 0 saturated heterocycles. The summed E-state index contributed by atoms with van der Waals surface area (Å²) in [7, 11) is 0. The molecule has 16 heavy (non-hydrogen) atoms. The Morgan fingerprint density at radius 1 is 1.19 bits per heavy atom. The first-order valence-electron chi connectivity index (χ1n) is 6.18. The number of benzene rings is 1. The lowest BCUT2D eigenvalue weighted by atomic mass is 9.97. The summed E-state index contributed by atoms with van der Waals surface area (Å²) in [6, 6.07) is 10.7. The van der Waals surface area contributed by atoms with E-state index in [1.165, 1.54) is 30.4 Å². The van der Waals surface area contributed by atoms with Gasteiger partial charge in [-0.1, -0.05) is 48.1 Å². The summed E-state index contributed by atoms with van der Waals surface area (Å²) in [5, 5.41) is 0. The van der Waals surface area contributed by atoms with Crippen molar-refractivity contribution < 1.29 is 0 Å². The smallest absolute Gasteiger partial charge is 0.0238 e. The number of hydrogen-bond acceptors (Lipinski definition) is 0. The largest absolute Gasteiger partial charge is 0.0955 e. The fourth-order valence-corrected chi connectivity index (χ4v) is 2.46. The van der Waals surface area contributed by atoms with Crippen molar-refractivity contribution in [1.82, 2.24) is 0 Å². The molecule has 0 spiro atoms. The zero-order valence-corrected chi connectivity index (χ0v) is 10.1. The van der Waals surface area contributed by atoms with Crippen molar-refractivity contribution in [2.24, 2.45) is 0 Å². The summed E-state index contributed by atoms with van der Waals surface area (Å²) in [4.78, 5) is 0. The molecular weight excluding hydrogens is 192 g/mol. The lowest BCUT2D eigenvalue weighted by Gasteiger charge is -2.08. The highest BCUT2D eigenvalue weighted by molar-refractivity contribution is 5.36. The molecule has 0 amide bonds. The van der Waals surface area contributed by atoms with E-state index in [1.54, 1.807) is 11.1 Å². The molecule has 0 saturated carbocycles. The van der Waals surface area contributed by atoms with Crippen LogP contribution in [-0.4, -0.2) is 0 Å². The Morgan fingerprint density at radius 3 is 2.56 bits per heavy atom. The van der Waals surface area contributed by atoms with E-state index in [2.05, 4.69) is 43.8 Å². The van der Waals surface area contributed by atoms with Gasteiger partial charge in [0.2, 0.25) is 0 Å². The maximum Gasteiger partial charge on any atom is -0.0238 e. The molecule has 0 nitrogen and oxygen atoms in total. The molecule has 1 aromatic rings. The van der Waals surface area contributed by atoms with Gasteiger partial charge in [-0.25, -0.2) is 0 Å². The van der Waals surface area contributed by atoms with Gasteiger partial charge in [0, 0.05) is 0 Å². The van der Waals surface area contributed by atoms with Gasteiger partial charge in [0.15, 0.2) is 0 Å². The highest BCUT2D eigenvalue weighted by atomic mass is 14.2. The predicted molar refractivity (Wildman–Crippen MR) is 70.5 cm³/mol. The van der Waals surface area contributed by atoms with Gasteiger partial charge < -0.3 is 0 Å². The lowest BCUT2D eigenvalue weighted by Crippen LogP contribution is -1.91. The van der Waals surface area contributed by atoms with E-state index in [-0.39, 0.29) is 0 Å². The van der Waals surface area contributed by atoms with E-state index in [0.29, 0.717) is 0 Å². The minimum Gasteiger partial charge on any atom is -0.0955 e. The first kappa shape index (κ1) is 11.2. The van der Waals surface area contributed by atoms with Crippen molar-refractivity contribution in [3.05, 3.63) is 59.2 Å².